The molecule has 0 aromatic heterocycles. The van der Waals surface area contributed by atoms with Gasteiger partial charge in [0.25, 0.3) is 0 Å². The fourth-order valence-corrected chi connectivity index (χ4v) is 1.44. The molecule has 0 radical (unpaired) electrons. The van der Waals surface area contributed by atoms with E-state index in [4.69, 9.17) is 9.84 Å². The van der Waals surface area contributed by atoms with Gasteiger partial charge in [0.2, 0.25) is 0 Å². The van der Waals surface area contributed by atoms with E-state index < -0.39 is 17.7 Å². The van der Waals surface area contributed by atoms with Gasteiger partial charge in [0.1, 0.15) is 0 Å². The third-order valence-electron chi connectivity index (χ3n) is 2.56. The standard InChI is InChI=1S/C13H18FNO3/c1-3-18-12-5-4-10(8-11(12)14)15-7-6-9(2)13(16)17/h4-5,8-9,15H,3,6-7H2,1-2H3,(H,16,17). The first kappa shape index (κ1) is 14.3. The minimum Gasteiger partial charge on any atom is -0.491 e. The Morgan fingerprint density at radius 1 is 1.56 bits per heavy atom. The predicted octanol–water partition coefficient (Wildman–Crippen LogP) is 2.75. The molecule has 100 valence electrons. The molecule has 0 fully saturated rings. The molecule has 1 aromatic rings. The van der Waals surface area contributed by atoms with Crippen LogP contribution in [-0.2, 0) is 4.79 Å². The molecule has 1 unspecified atom stereocenters. The van der Waals surface area contributed by atoms with Crippen LogP contribution in [0.15, 0.2) is 18.2 Å². The number of benzene rings is 1. The SMILES string of the molecule is CCOc1ccc(NCCC(C)C(=O)O)cc1F. The average Bonchev–Trinajstić information content (AvgIpc) is 2.32. The molecule has 0 heterocycles. The number of halogens is 1. The van der Waals surface area contributed by atoms with E-state index in [1.54, 1.807) is 26.0 Å². The summed E-state index contributed by atoms with van der Waals surface area (Å²) in [7, 11) is 0. The molecule has 2 N–H and O–H groups in total. The molecular weight excluding hydrogens is 237 g/mol. The number of carbonyl (C=O) groups is 1. The van der Waals surface area contributed by atoms with Crippen molar-refractivity contribution in [2.75, 3.05) is 18.5 Å². The van der Waals surface area contributed by atoms with Crippen molar-refractivity contribution in [3.05, 3.63) is 24.0 Å². The first-order valence-electron chi connectivity index (χ1n) is 5.93. The Labute approximate surface area is 106 Å². The highest BCUT2D eigenvalue weighted by Gasteiger charge is 2.10. The summed E-state index contributed by atoms with van der Waals surface area (Å²) < 4.78 is 18.6. The largest absolute Gasteiger partial charge is 0.491 e. The lowest BCUT2D eigenvalue weighted by atomic mass is 10.1. The summed E-state index contributed by atoms with van der Waals surface area (Å²) in [5.74, 6) is -1.44. The van der Waals surface area contributed by atoms with Gasteiger partial charge in [0.15, 0.2) is 11.6 Å². The van der Waals surface area contributed by atoms with Crippen LogP contribution >= 0.6 is 0 Å². The number of rotatable bonds is 7. The number of hydrogen-bond donors (Lipinski definition) is 2. The highest BCUT2D eigenvalue weighted by atomic mass is 19.1. The lowest BCUT2D eigenvalue weighted by molar-refractivity contribution is -0.141. The molecule has 1 aromatic carbocycles. The Hall–Kier alpha value is -1.78. The summed E-state index contributed by atoms with van der Waals surface area (Å²) >= 11 is 0. The van der Waals surface area contributed by atoms with Gasteiger partial charge in [-0.15, -0.1) is 0 Å². The van der Waals surface area contributed by atoms with Gasteiger partial charge in [0, 0.05) is 18.3 Å². The molecule has 0 saturated carbocycles. The molecule has 0 aliphatic rings. The van der Waals surface area contributed by atoms with Crippen molar-refractivity contribution in [1.29, 1.82) is 0 Å². The summed E-state index contributed by atoms with van der Waals surface area (Å²) in [6, 6.07) is 4.61. The van der Waals surface area contributed by atoms with Crippen LogP contribution in [0.4, 0.5) is 10.1 Å². The third-order valence-corrected chi connectivity index (χ3v) is 2.56. The lowest BCUT2D eigenvalue weighted by Crippen LogP contribution is -2.14. The molecule has 18 heavy (non-hydrogen) atoms. The molecule has 1 rings (SSSR count). The quantitative estimate of drug-likeness (QED) is 0.786. The number of nitrogens with one attached hydrogen (secondary N) is 1. The summed E-state index contributed by atoms with van der Waals surface area (Å²) in [4.78, 5) is 10.6. The van der Waals surface area contributed by atoms with E-state index in [-0.39, 0.29) is 5.75 Å². The summed E-state index contributed by atoms with van der Waals surface area (Å²) in [6.45, 7) is 4.34. The number of carboxylic acids is 1. The van der Waals surface area contributed by atoms with E-state index in [9.17, 15) is 9.18 Å². The molecule has 0 saturated heterocycles. The molecule has 4 nitrogen and oxygen atoms in total. The van der Waals surface area contributed by atoms with Crippen molar-refractivity contribution in [2.45, 2.75) is 20.3 Å². The van der Waals surface area contributed by atoms with Crippen LogP contribution in [-0.4, -0.2) is 24.2 Å². The molecule has 1 atom stereocenters. The Bertz CT molecular complexity index is 409. The average molecular weight is 255 g/mol. The van der Waals surface area contributed by atoms with Crippen LogP contribution in [0, 0.1) is 11.7 Å². The maximum Gasteiger partial charge on any atom is 0.306 e. The Morgan fingerprint density at radius 3 is 2.83 bits per heavy atom. The second kappa shape index (κ2) is 6.83. The highest BCUT2D eigenvalue weighted by Crippen LogP contribution is 2.21. The van der Waals surface area contributed by atoms with Gasteiger partial charge in [-0.2, -0.15) is 0 Å². The predicted molar refractivity (Wildman–Crippen MR) is 67.5 cm³/mol. The van der Waals surface area contributed by atoms with Gasteiger partial charge in [-0.3, -0.25) is 4.79 Å². The zero-order chi connectivity index (χ0) is 13.5. The van der Waals surface area contributed by atoms with Gasteiger partial charge >= 0.3 is 5.97 Å². The van der Waals surface area contributed by atoms with Crippen LogP contribution in [0.3, 0.4) is 0 Å². The van der Waals surface area contributed by atoms with Crippen molar-refractivity contribution in [2.24, 2.45) is 5.92 Å². The van der Waals surface area contributed by atoms with E-state index >= 15 is 0 Å². The lowest BCUT2D eigenvalue weighted by Gasteiger charge is -2.10. The molecule has 0 aliphatic heterocycles. The van der Waals surface area contributed by atoms with Crippen molar-refractivity contribution >= 4 is 11.7 Å². The Morgan fingerprint density at radius 2 is 2.28 bits per heavy atom. The van der Waals surface area contributed by atoms with Crippen molar-refractivity contribution in [3.63, 3.8) is 0 Å². The van der Waals surface area contributed by atoms with E-state index in [0.29, 0.717) is 25.3 Å². The third kappa shape index (κ3) is 4.24. The molecule has 5 heteroatoms. The molecule has 0 aliphatic carbocycles. The topological polar surface area (TPSA) is 58.6 Å². The molecule has 0 spiro atoms. The first-order chi connectivity index (χ1) is 8.54. The normalized spacial score (nSPS) is 11.9. The highest BCUT2D eigenvalue weighted by molar-refractivity contribution is 5.69. The fourth-order valence-electron chi connectivity index (χ4n) is 1.44. The number of carboxylic acid groups (broad SMARTS) is 1. The van der Waals surface area contributed by atoms with Crippen LogP contribution in [0.2, 0.25) is 0 Å². The summed E-state index contributed by atoms with van der Waals surface area (Å²) in [5, 5.41) is 11.7. The molecule has 0 amide bonds. The minimum atomic E-state index is -0.824. The van der Waals surface area contributed by atoms with E-state index in [0.717, 1.165) is 0 Å². The van der Waals surface area contributed by atoms with Crippen LogP contribution in [0.5, 0.6) is 5.75 Å². The van der Waals surface area contributed by atoms with Gasteiger partial charge in [-0.1, -0.05) is 6.92 Å². The monoisotopic (exact) mass is 255 g/mol. The van der Waals surface area contributed by atoms with Crippen molar-refractivity contribution < 1.29 is 19.0 Å². The second-order valence-electron chi connectivity index (χ2n) is 4.03. The van der Waals surface area contributed by atoms with Crippen LogP contribution in [0.1, 0.15) is 20.3 Å². The maximum absolute atomic E-state index is 13.5. The van der Waals surface area contributed by atoms with Gasteiger partial charge in [0.05, 0.1) is 12.5 Å². The van der Waals surface area contributed by atoms with Gasteiger partial charge in [-0.05, 0) is 25.5 Å². The number of anilines is 1. The zero-order valence-corrected chi connectivity index (χ0v) is 10.6. The second-order valence-corrected chi connectivity index (χ2v) is 4.03. The summed E-state index contributed by atoms with van der Waals surface area (Å²) in [5.41, 5.74) is 0.619. The number of aliphatic carboxylic acids is 1. The van der Waals surface area contributed by atoms with E-state index in [2.05, 4.69) is 5.32 Å². The fraction of sp³-hybridized carbons (Fsp3) is 0.462. The Kier molecular flexibility index (Phi) is 5.42. The first-order valence-corrected chi connectivity index (χ1v) is 5.93. The van der Waals surface area contributed by atoms with Crippen LogP contribution in [0.25, 0.3) is 0 Å². The summed E-state index contributed by atoms with van der Waals surface area (Å²) in [6.07, 6.45) is 0.490. The Balaban J connectivity index is 2.48. The zero-order valence-electron chi connectivity index (χ0n) is 10.6. The number of ether oxygens (including phenoxy) is 1. The van der Waals surface area contributed by atoms with Gasteiger partial charge < -0.3 is 15.2 Å². The maximum atomic E-state index is 13.5. The number of hydrogen-bond acceptors (Lipinski definition) is 3. The smallest absolute Gasteiger partial charge is 0.306 e. The minimum absolute atomic E-state index is 0.224. The van der Waals surface area contributed by atoms with Crippen molar-refractivity contribution in [1.82, 2.24) is 0 Å². The van der Waals surface area contributed by atoms with E-state index in [1.165, 1.54) is 6.07 Å². The van der Waals surface area contributed by atoms with Crippen LogP contribution < -0.4 is 10.1 Å². The van der Waals surface area contributed by atoms with Crippen molar-refractivity contribution in [3.8, 4) is 5.75 Å². The molecular formula is C13H18FNO3. The van der Waals surface area contributed by atoms with E-state index in [1.807, 2.05) is 0 Å². The van der Waals surface area contributed by atoms with Gasteiger partial charge in [-0.25, -0.2) is 4.39 Å². The molecule has 0 bridgehead atoms.